The molecule has 0 bridgehead atoms. The number of anilines is 1. The number of benzene rings is 1. The Hall–Kier alpha value is -3.01. The number of rotatable bonds is 9. The molecule has 5 heterocycles. The number of nitrogens with zero attached hydrogens (tertiary/aromatic N) is 7. The fourth-order valence-electron chi connectivity index (χ4n) is 6.81. The monoisotopic (exact) mass is 672 g/mol. The molecule has 4 aromatic rings. The van der Waals surface area contributed by atoms with Gasteiger partial charge in [-0.2, -0.15) is 18.4 Å². The first kappa shape index (κ1) is 32.9. The van der Waals surface area contributed by atoms with Gasteiger partial charge in [0.15, 0.2) is 0 Å². The number of hydrogen-bond acceptors (Lipinski definition) is 8. The van der Waals surface area contributed by atoms with E-state index in [-0.39, 0.29) is 17.0 Å². The van der Waals surface area contributed by atoms with Gasteiger partial charge < -0.3 is 14.4 Å². The standard InChI is InChI=1S/C32H40F3N8OPS/c1-21(41-10-12-42(13-11-41)45(3)44)18-43-25(17-36)14-27-22(2)23(4-5-29(27)43)19-40-8-6-24(7-9-40)39-30-28-15-26(16-32(33,34)35)46-31(28)38-20-37-30/h4-5,14-15,20-21,24,45H,6-13,16,18-19H2,1-3H3,(H,37,38,39)/t21-/m0/s1. The highest BCUT2D eigenvalue weighted by Crippen LogP contribution is 2.34. The Kier molecular flexibility index (Phi) is 9.74. The van der Waals surface area contributed by atoms with E-state index >= 15 is 0 Å². The maximum absolute atomic E-state index is 12.9. The van der Waals surface area contributed by atoms with Crippen LogP contribution in [0.25, 0.3) is 21.1 Å². The van der Waals surface area contributed by atoms with Crippen molar-refractivity contribution in [3.8, 4) is 6.07 Å². The zero-order valence-corrected chi connectivity index (χ0v) is 28.2. The first-order chi connectivity index (χ1) is 22.0. The Morgan fingerprint density at radius 3 is 2.52 bits per heavy atom. The fraction of sp³-hybridized carbons (Fsp3) is 0.531. The molecule has 0 amide bonds. The zero-order valence-electron chi connectivity index (χ0n) is 26.4. The van der Waals surface area contributed by atoms with Gasteiger partial charge in [-0.05, 0) is 62.7 Å². The summed E-state index contributed by atoms with van der Waals surface area (Å²) in [4.78, 5) is 14.2. The number of likely N-dealkylation sites (tertiary alicyclic amines) is 1. The Morgan fingerprint density at radius 2 is 1.85 bits per heavy atom. The van der Waals surface area contributed by atoms with Crippen molar-refractivity contribution >= 4 is 46.2 Å². The summed E-state index contributed by atoms with van der Waals surface area (Å²) in [6.07, 6.45) is -2.02. The van der Waals surface area contributed by atoms with Crippen LogP contribution in [-0.2, 0) is 24.1 Å². The van der Waals surface area contributed by atoms with E-state index in [2.05, 4.69) is 66.4 Å². The van der Waals surface area contributed by atoms with Crippen LogP contribution in [0.4, 0.5) is 19.0 Å². The highest BCUT2D eigenvalue weighted by Gasteiger charge is 2.30. The molecule has 246 valence electrons. The SMILES string of the molecule is Cc1c(CN2CCC(Nc3ncnc4sc(CC(F)(F)F)cc34)CC2)ccc2c1cc(C#N)n2C[C@H](C)N1CCN([PH](C)=O)CC1. The molecular formula is C32H40F3N8OPS. The minimum absolute atomic E-state index is 0.173. The first-order valence-corrected chi connectivity index (χ1v) is 18.5. The molecule has 2 aliphatic heterocycles. The van der Waals surface area contributed by atoms with Gasteiger partial charge in [0.1, 0.15) is 36.7 Å². The molecule has 3 aromatic heterocycles. The van der Waals surface area contributed by atoms with E-state index in [9.17, 15) is 23.0 Å². The van der Waals surface area contributed by atoms with E-state index < -0.39 is 20.5 Å². The molecule has 0 saturated carbocycles. The lowest BCUT2D eigenvalue weighted by atomic mass is 10.0. The van der Waals surface area contributed by atoms with Crippen molar-refractivity contribution in [3.63, 3.8) is 0 Å². The summed E-state index contributed by atoms with van der Waals surface area (Å²) in [5, 5.41) is 15.2. The number of hydrogen-bond donors (Lipinski definition) is 1. The first-order valence-electron chi connectivity index (χ1n) is 15.8. The molecule has 0 radical (unpaired) electrons. The molecule has 1 aromatic carbocycles. The van der Waals surface area contributed by atoms with Crippen LogP contribution in [-0.4, -0.2) is 93.2 Å². The molecule has 0 spiro atoms. The third-order valence-corrected chi connectivity index (χ3v) is 11.9. The average Bonchev–Trinajstić information content (AvgIpc) is 3.60. The third kappa shape index (κ3) is 7.26. The maximum atomic E-state index is 12.9. The van der Waals surface area contributed by atoms with Crippen LogP contribution in [0.3, 0.4) is 0 Å². The summed E-state index contributed by atoms with van der Waals surface area (Å²) in [5.41, 5.74) is 4.18. The molecular weight excluding hydrogens is 632 g/mol. The number of nitriles is 1. The van der Waals surface area contributed by atoms with Gasteiger partial charge in [0.25, 0.3) is 0 Å². The van der Waals surface area contributed by atoms with Crippen molar-refractivity contribution in [1.82, 2.24) is 29.0 Å². The van der Waals surface area contributed by atoms with Crippen LogP contribution in [0, 0.1) is 18.3 Å². The van der Waals surface area contributed by atoms with Crippen molar-refractivity contribution in [2.24, 2.45) is 0 Å². The number of aromatic nitrogens is 3. The molecule has 1 unspecified atom stereocenters. The molecule has 1 N–H and O–H groups in total. The van der Waals surface area contributed by atoms with E-state index in [1.165, 1.54) is 17.5 Å². The van der Waals surface area contributed by atoms with E-state index in [1.54, 1.807) is 12.7 Å². The molecule has 2 saturated heterocycles. The topological polar surface area (TPSA) is 93.3 Å². The number of piperazine rings is 1. The van der Waals surface area contributed by atoms with E-state index in [1.807, 2.05) is 6.07 Å². The second-order valence-electron chi connectivity index (χ2n) is 12.6. The lowest BCUT2D eigenvalue weighted by molar-refractivity contribution is -0.126. The van der Waals surface area contributed by atoms with Crippen molar-refractivity contribution < 1.29 is 17.7 Å². The average molecular weight is 673 g/mol. The molecule has 46 heavy (non-hydrogen) atoms. The molecule has 2 fully saturated rings. The minimum atomic E-state index is -4.26. The van der Waals surface area contributed by atoms with Gasteiger partial charge in [-0.1, -0.05) is 6.07 Å². The van der Waals surface area contributed by atoms with Crippen LogP contribution >= 0.6 is 19.3 Å². The van der Waals surface area contributed by atoms with Crippen LogP contribution in [0.15, 0.2) is 30.6 Å². The number of aryl methyl sites for hydroxylation is 1. The van der Waals surface area contributed by atoms with E-state index in [0.29, 0.717) is 21.7 Å². The summed E-state index contributed by atoms with van der Waals surface area (Å²) >= 11 is 1.07. The Bertz CT molecular complexity index is 1770. The highest BCUT2D eigenvalue weighted by atomic mass is 32.1. The number of nitrogens with one attached hydrogen (secondary N) is 1. The van der Waals surface area contributed by atoms with Gasteiger partial charge in [-0.3, -0.25) is 14.5 Å². The smallest absolute Gasteiger partial charge is 0.367 e. The third-order valence-electron chi connectivity index (χ3n) is 9.49. The molecule has 0 aliphatic carbocycles. The summed E-state index contributed by atoms with van der Waals surface area (Å²) in [6.45, 7) is 12.8. The molecule has 14 heteroatoms. The lowest BCUT2D eigenvalue weighted by Crippen LogP contribution is -2.48. The molecule has 6 rings (SSSR count). The van der Waals surface area contributed by atoms with Crippen molar-refractivity contribution in [2.75, 3.05) is 51.3 Å². The molecule has 9 nitrogen and oxygen atoms in total. The van der Waals surface area contributed by atoms with Gasteiger partial charge >= 0.3 is 6.18 Å². The number of thiophene rings is 1. The number of fused-ring (bicyclic) bond motifs is 2. The summed E-state index contributed by atoms with van der Waals surface area (Å²) in [7, 11) is -1.65. The van der Waals surface area contributed by atoms with Gasteiger partial charge in [-0.25, -0.2) is 9.97 Å². The second-order valence-corrected chi connectivity index (χ2v) is 15.4. The van der Waals surface area contributed by atoms with Crippen molar-refractivity contribution in [2.45, 2.75) is 64.5 Å². The summed E-state index contributed by atoms with van der Waals surface area (Å²) in [6, 6.07) is 10.8. The predicted molar refractivity (Wildman–Crippen MR) is 178 cm³/mol. The number of piperidine rings is 1. The molecule has 2 atom stereocenters. The Labute approximate surface area is 271 Å². The lowest BCUT2D eigenvalue weighted by Gasteiger charge is -2.37. The van der Waals surface area contributed by atoms with Gasteiger partial charge in [-0.15, -0.1) is 11.3 Å². The molecule has 2 aliphatic rings. The summed E-state index contributed by atoms with van der Waals surface area (Å²) in [5.74, 6) is 0.599. The van der Waals surface area contributed by atoms with Crippen LogP contribution < -0.4 is 5.32 Å². The van der Waals surface area contributed by atoms with E-state index in [4.69, 9.17) is 0 Å². The van der Waals surface area contributed by atoms with E-state index in [0.717, 1.165) is 87.4 Å². The Balaban J connectivity index is 1.08. The normalized spacial score (nSPS) is 19.1. The Morgan fingerprint density at radius 1 is 1.11 bits per heavy atom. The van der Waals surface area contributed by atoms with Crippen LogP contribution in [0.1, 0.15) is 41.5 Å². The minimum Gasteiger partial charge on any atom is -0.367 e. The van der Waals surface area contributed by atoms with Crippen molar-refractivity contribution in [1.29, 1.82) is 5.26 Å². The number of halogens is 3. The quantitative estimate of drug-likeness (QED) is 0.213. The van der Waals surface area contributed by atoms with Gasteiger partial charge in [0.2, 0.25) is 0 Å². The largest absolute Gasteiger partial charge is 0.393 e. The number of alkyl halides is 3. The maximum Gasteiger partial charge on any atom is 0.393 e. The van der Waals surface area contributed by atoms with Crippen molar-refractivity contribution in [3.05, 3.63) is 52.3 Å². The van der Waals surface area contributed by atoms with Crippen LogP contribution in [0.2, 0.25) is 0 Å². The van der Waals surface area contributed by atoms with Gasteiger partial charge in [0, 0.05) is 80.2 Å². The van der Waals surface area contributed by atoms with Gasteiger partial charge in [0.05, 0.1) is 11.8 Å². The second kappa shape index (κ2) is 13.6. The fourth-order valence-corrected chi connectivity index (χ4v) is 8.67. The summed E-state index contributed by atoms with van der Waals surface area (Å²) < 4.78 is 55.0. The predicted octanol–water partition coefficient (Wildman–Crippen LogP) is 6.12. The zero-order chi connectivity index (χ0) is 32.6. The van der Waals surface area contributed by atoms with Crippen LogP contribution in [0.5, 0.6) is 0 Å². The highest BCUT2D eigenvalue weighted by molar-refractivity contribution is 7.41.